The number of thiocyanates is 1. The second-order valence-corrected chi connectivity index (χ2v) is 7.31. The Morgan fingerprint density at radius 1 is 1.25 bits per heavy atom. The van der Waals surface area contributed by atoms with Crippen molar-refractivity contribution >= 4 is 40.7 Å². The summed E-state index contributed by atoms with van der Waals surface area (Å²) < 4.78 is 5.03. The Balaban J connectivity index is 1.97. The number of thiophene rings is 1. The summed E-state index contributed by atoms with van der Waals surface area (Å²) >= 11 is 2.40. The molecule has 7 heteroatoms. The highest BCUT2D eigenvalue weighted by molar-refractivity contribution is 8.03. The van der Waals surface area contributed by atoms with Crippen LogP contribution >= 0.6 is 23.1 Å². The zero-order chi connectivity index (χ0) is 17.7. The highest BCUT2D eigenvalue weighted by Gasteiger charge is 2.14. The SMILES string of the molecule is Cc1ccc(C(=O)OCC(=O)Nc2c(C)cc(SC#N)cc2C)s1. The Bertz CT molecular complexity index is 798. The maximum absolute atomic E-state index is 12.0. The number of anilines is 1. The molecule has 124 valence electrons. The molecule has 0 aliphatic heterocycles. The lowest BCUT2D eigenvalue weighted by Gasteiger charge is -2.13. The lowest BCUT2D eigenvalue weighted by molar-refractivity contribution is -0.119. The molecule has 24 heavy (non-hydrogen) atoms. The Hall–Kier alpha value is -2.30. The van der Waals surface area contributed by atoms with Crippen molar-refractivity contribution in [1.29, 1.82) is 5.26 Å². The zero-order valence-electron chi connectivity index (χ0n) is 13.5. The van der Waals surface area contributed by atoms with Gasteiger partial charge in [0.25, 0.3) is 5.91 Å². The van der Waals surface area contributed by atoms with Crippen LogP contribution in [0.25, 0.3) is 0 Å². The normalized spacial score (nSPS) is 10.1. The lowest BCUT2D eigenvalue weighted by Crippen LogP contribution is -2.21. The van der Waals surface area contributed by atoms with Crippen molar-refractivity contribution in [3.8, 4) is 5.40 Å². The number of nitrogens with zero attached hydrogens (tertiary/aromatic N) is 1. The molecular weight excluding hydrogens is 344 g/mol. The molecule has 0 unspecified atom stereocenters. The van der Waals surface area contributed by atoms with Crippen LogP contribution in [0.15, 0.2) is 29.2 Å². The number of hydrogen-bond donors (Lipinski definition) is 1. The first-order valence-corrected chi connectivity index (χ1v) is 8.74. The van der Waals surface area contributed by atoms with E-state index in [2.05, 4.69) is 5.32 Å². The van der Waals surface area contributed by atoms with E-state index in [0.717, 1.165) is 32.7 Å². The number of thioether (sulfide) groups is 1. The van der Waals surface area contributed by atoms with Crippen LogP contribution in [-0.4, -0.2) is 18.5 Å². The fourth-order valence-electron chi connectivity index (χ4n) is 2.15. The molecule has 1 N–H and O–H groups in total. The van der Waals surface area contributed by atoms with Gasteiger partial charge in [-0.1, -0.05) is 0 Å². The molecule has 5 nitrogen and oxygen atoms in total. The third-order valence-corrected chi connectivity index (χ3v) is 4.75. The molecule has 1 aromatic carbocycles. The molecule has 2 rings (SSSR count). The van der Waals surface area contributed by atoms with Gasteiger partial charge in [-0.25, -0.2) is 4.79 Å². The van der Waals surface area contributed by atoms with Crippen molar-refractivity contribution < 1.29 is 14.3 Å². The van der Waals surface area contributed by atoms with Crippen LogP contribution in [0.5, 0.6) is 0 Å². The third kappa shape index (κ3) is 4.60. The second-order valence-electron chi connectivity index (χ2n) is 5.16. The largest absolute Gasteiger partial charge is 0.451 e. The molecule has 0 saturated carbocycles. The number of nitriles is 1. The van der Waals surface area contributed by atoms with Crippen LogP contribution in [0.4, 0.5) is 5.69 Å². The molecule has 0 atom stereocenters. The molecule has 0 saturated heterocycles. The minimum atomic E-state index is -0.502. The number of aryl methyl sites for hydroxylation is 3. The van der Waals surface area contributed by atoms with Crippen LogP contribution in [0.1, 0.15) is 25.7 Å². The number of nitrogens with one attached hydrogen (secondary N) is 1. The number of carbonyl (C=O) groups is 2. The number of hydrogen-bond acceptors (Lipinski definition) is 6. The number of carbonyl (C=O) groups excluding carboxylic acids is 2. The first-order chi connectivity index (χ1) is 11.4. The van der Waals surface area contributed by atoms with E-state index in [1.807, 2.05) is 44.4 Å². The van der Waals surface area contributed by atoms with Gasteiger partial charge in [-0.05, 0) is 67.9 Å². The van der Waals surface area contributed by atoms with E-state index >= 15 is 0 Å². The Kier molecular flexibility index (Phi) is 6.01. The summed E-state index contributed by atoms with van der Waals surface area (Å²) in [6, 6.07) is 7.17. The average Bonchev–Trinajstić information content (AvgIpc) is 2.95. The van der Waals surface area contributed by atoms with Gasteiger partial charge in [0, 0.05) is 15.5 Å². The van der Waals surface area contributed by atoms with Gasteiger partial charge in [0.05, 0.1) is 0 Å². The highest BCUT2D eigenvalue weighted by Crippen LogP contribution is 2.27. The maximum Gasteiger partial charge on any atom is 0.348 e. The van der Waals surface area contributed by atoms with Gasteiger partial charge in [0.15, 0.2) is 6.61 Å². The zero-order valence-corrected chi connectivity index (χ0v) is 15.1. The Labute approximate surface area is 148 Å². The number of ether oxygens (including phenoxy) is 1. The fraction of sp³-hybridized carbons (Fsp3) is 0.235. The average molecular weight is 360 g/mol. The van der Waals surface area contributed by atoms with Crippen molar-refractivity contribution in [3.63, 3.8) is 0 Å². The van der Waals surface area contributed by atoms with Crippen LogP contribution in [0.2, 0.25) is 0 Å². The first kappa shape index (κ1) is 18.0. The Morgan fingerprint density at radius 3 is 2.46 bits per heavy atom. The number of amides is 1. The standard InChI is InChI=1S/C17H16N2O3S2/c1-10-6-13(23-9-18)7-11(2)16(10)19-15(20)8-22-17(21)14-5-4-12(3)24-14/h4-7H,8H2,1-3H3,(H,19,20). The topological polar surface area (TPSA) is 79.2 Å². The summed E-state index contributed by atoms with van der Waals surface area (Å²) in [6.07, 6.45) is 0. The van der Waals surface area contributed by atoms with Crippen molar-refractivity contribution in [3.05, 3.63) is 45.1 Å². The van der Waals surface area contributed by atoms with Gasteiger partial charge in [0.2, 0.25) is 0 Å². The smallest absolute Gasteiger partial charge is 0.348 e. The Morgan fingerprint density at radius 2 is 1.92 bits per heavy atom. The van der Waals surface area contributed by atoms with E-state index in [1.165, 1.54) is 11.3 Å². The molecule has 0 fully saturated rings. The first-order valence-electron chi connectivity index (χ1n) is 7.11. The monoisotopic (exact) mass is 360 g/mol. The summed E-state index contributed by atoms with van der Waals surface area (Å²) in [5.41, 5.74) is 2.37. The summed E-state index contributed by atoms with van der Waals surface area (Å²) in [5, 5.41) is 13.5. The van der Waals surface area contributed by atoms with Crippen LogP contribution in [0, 0.1) is 31.4 Å². The fourth-order valence-corrected chi connectivity index (χ4v) is 3.49. The van der Waals surface area contributed by atoms with E-state index in [4.69, 9.17) is 10.00 Å². The van der Waals surface area contributed by atoms with Gasteiger partial charge in [-0.3, -0.25) is 4.79 Å². The van der Waals surface area contributed by atoms with E-state index in [0.29, 0.717) is 10.6 Å². The minimum Gasteiger partial charge on any atom is -0.451 e. The van der Waals surface area contributed by atoms with Crippen molar-refractivity contribution in [2.24, 2.45) is 0 Å². The van der Waals surface area contributed by atoms with Crippen LogP contribution in [0.3, 0.4) is 0 Å². The highest BCUT2D eigenvalue weighted by atomic mass is 32.2. The molecule has 1 amide bonds. The van der Waals surface area contributed by atoms with E-state index in [1.54, 1.807) is 6.07 Å². The van der Waals surface area contributed by atoms with Crippen LogP contribution < -0.4 is 5.32 Å². The van der Waals surface area contributed by atoms with Gasteiger partial charge in [0.1, 0.15) is 10.3 Å². The number of rotatable bonds is 5. The predicted octanol–water partition coefficient (Wildman–Crippen LogP) is 4.04. The third-order valence-electron chi connectivity index (χ3n) is 3.21. The summed E-state index contributed by atoms with van der Waals surface area (Å²) in [7, 11) is 0. The van der Waals surface area contributed by atoms with Gasteiger partial charge >= 0.3 is 5.97 Å². The van der Waals surface area contributed by atoms with E-state index in [-0.39, 0.29) is 6.61 Å². The summed E-state index contributed by atoms with van der Waals surface area (Å²) in [6.45, 7) is 5.26. The summed E-state index contributed by atoms with van der Waals surface area (Å²) in [5.74, 6) is -0.902. The number of esters is 1. The quantitative estimate of drug-likeness (QED) is 0.494. The molecular formula is C17H16N2O3S2. The predicted molar refractivity (Wildman–Crippen MR) is 95.4 cm³/mol. The minimum absolute atomic E-state index is 0.344. The van der Waals surface area contributed by atoms with Crippen molar-refractivity contribution in [1.82, 2.24) is 0 Å². The molecule has 1 heterocycles. The lowest BCUT2D eigenvalue weighted by atomic mass is 10.1. The molecule has 0 aliphatic rings. The van der Waals surface area contributed by atoms with Gasteiger partial charge < -0.3 is 10.1 Å². The maximum atomic E-state index is 12.0. The molecule has 1 aromatic heterocycles. The second kappa shape index (κ2) is 7.99. The van der Waals surface area contributed by atoms with Crippen molar-refractivity contribution in [2.75, 3.05) is 11.9 Å². The van der Waals surface area contributed by atoms with Gasteiger partial charge in [-0.2, -0.15) is 5.26 Å². The molecule has 0 aliphatic carbocycles. The van der Waals surface area contributed by atoms with Gasteiger partial charge in [-0.15, -0.1) is 11.3 Å². The molecule has 0 radical (unpaired) electrons. The van der Waals surface area contributed by atoms with E-state index in [9.17, 15) is 9.59 Å². The van der Waals surface area contributed by atoms with Crippen LogP contribution in [-0.2, 0) is 9.53 Å². The molecule has 2 aromatic rings. The van der Waals surface area contributed by atoms with E-state index < -0.39 is 11.9 Å². The van der Waals surface area contributed by atoms with Crippen molar-refractivity contribution in [2.45, 2.75) is 25.7 Å². The number of benzene rings is 1. The molecule has 0 spiro atoms. The molecule has 0 bridgehead atoms. The summed E-state index contributed by atoms with van der Waals surface area (Å²) in [4.78, 5) is 26.2.